The molecule has 0 N–H and O–H groups in total. The molecule has 0 saturated carbocycles. The van der Waals surface area contributed by atoms with Gasteiger partial charge in [-0.15, -0.1) is 11.6 Å². The molecule has 1 unspecified atom stereocenters. The van der Waals surface area contributed by atoms with Crippen LogP contribution >= 0.6 is 11.6 Å². The summed E-state index contributed by atoms with van der Waals surface area (Å²) in [4.78, 5) is 4.60. The molecule has 19 heavy (non-hydrogen) atoms. The lowest BCUT2D eigenvalue weighted by molar-refractivity contribution is 0.376. The molecular weight excluding hydrogens is 262 g/mol. The first kappa shape index (κ1) is 12.2. The van der Waals surface area contributed by atoms with Crippen LogP contribution in [0, 0.1) is 6.92 Å². The van der Waals surface area contributed by atoms with Crippen LogP contribution in [-0.2, 0) is 6.54 Å². The third-order valence-electron chi connectivity index (χ3n) is 3.09. The second-order valence-electron chi connectivity index (χ2n) is 4.64. The summed E-state index contributed by atoms with van der Waals surface area (Å²) >= 11 is 6.23. The summed E-state index contributed by atoms with van der Waals surface area (Å²) in [5, 5.41) is 3.58. The van der Waals surface area contributed by atoms with Gasteiger partial charge in [0.25, 0.3) is 0 Å². The molecule has 0 bridgehead atoms. The van der Waals surface area contributed by atoms with E-state index in [-0.39, 0.29) is 5.38 Å². The number of nitrogens with zero attached hydrogens (tertiary/aromatic N) is 3. The molecule has 0 radical (unpaired) electrons. The Hall–Kier alpha value is -1.81. The Morgan fingerprint density at radius 3 is 2.89 bits per heavy atom. The van der Waals surface area contributed by atoms with E-state index in [2.05, 4.69) is 33.8 Å². The maximum atomic E-state index is 6.23. The van der Waals surface area contributed by atoms with E-state index in [0.29, 0.717) is 6.54 Å². The summed E-state index contributed by atoms with van der Waals surface area (Å²) < 4.78 is 7.26. The number of hydrogen-bond donors (Lipinski definition) is 0. The zero-order chi connectivity index (χ0) is 13.4. The summed E-state index contributed by atoms with van der Waals surface area (Å²) in [7, 11) is 0. The highest BCUT2D eigenvalue weighted by Crippen LogP contribution is 2.26. The van der Waals surface area contributed by atoms with E-state index in [1.807, 2.05) is 19.1 Å². The van der Waals surface area contributed by atoms with Crippen LogP contribution < -0.4 is 0 Å². The number of aromatic nitrogens is 3. The number of rotatable bonds is 3. The van der Waals surface area contributed by atoms with E-state index in [4.69, 9.17) is 16.1 Å². The lowest BCUT2D eigenvalue weighted by Gasteiger charge is -2.08. The molecule has 0 saturated heterocycles. The molecular formula is C14H14ClN3O. The predicted molar refractivity (Wildman–Crippen MR) is 74.3 cm³/mol. The fourth-order valence-corrected chi connectivity index (χ4v) is 2.37. The highest BCUT2D eigenvalue weighted by atomic mass is 35.5. The van der Waals surface area contributed by atoms with Crippen LogP contribution in [0.25, 0.3) is 11.0 Å². The molecule has 1 atom stereocenters. The summed E-state index contributed by atoms with van der Waals surface area (Å²) in [6, 6.07) is 8.03. The van der Waals surface area contributed by atoms with Gasteiger partial charge in [-0.2, -0.15) is 0 Å². The smallest absolute Gasteiger partial charge is 0.156 e. The summed E-state index contributed by atoms with van der Waals surface area (Å²) in [5.74, 6) is 1.64. The molecule has 0 aliphatic heterocycles. The van der Waals surface area contributed by atoms with E-state index in [0.717, 1.165) is 22.6 Å². The quantitative estimate of drug-likeness (QED) is 0.685. The number of fused-ring (bicyclic) bond motifs is 1. The summed E-state index contributed by atoms with van der Waals surface area (Å²) in [5.41, 5.74) is 3.21. The Bertz CT molecular complexity index is 701. The number of alkyl halides is 1. The first-order chi connectivity index (χ1) is 9.15. The molecule has 1 aromatic carbocycles. The minimum absolute atomic E-state index is 0.157. The molecule has 4 nitrogen and oxygen atoms in total. The zero-order valence-electron chi connectivity index (χ0n) is 10.8. The van der Waals surface area contributed by atoms with Gasteiger partial charge in [0.1, 0.15) is 5.82 Å². The molecule has 3 rings (SSSR count). The largest absolute Gasteiger partial charge is 0.359 e. The Morgan fingerprint density at radius 2 is 2.21 bits per heavy atom. The summed E-state index contributed by atoms with van der Waals surface area (Å²) in [6.45, 7) is 4.58. The standard InChI is InChI=1S/C14H14ClN3O/c1-9-3-4-12-13(7-9)18(14(17-12)10(2)15)8-11-5-6-16-19-11/h3-7,10H,8H2,1-2H3. The molecule has 0 fully saturated rings. The van der Waals surface area contributed by atoms with Gasteiger partial charge in [-0.25, -0.2) is 4.98 Å². The van der Waals surface area contributed by atoms with Gasteiger partial charge in [0.05, 0.1) is 29.2 Å². The number of halogens is 1. The third-order valence-corrected chi connectivity index (χ3v) is 3.29. The van der Waals surface area contributed by atoms with Gasteiger partial charge in [-0.05, 0) is 31.5 Å². The van der Waals surface area contributed by atoms with Gasteiger partial charge in [0, 0.05) is 6.07 Å². The molecule has 0 aliphatic carbocycles. The van der Waals surface area contributed by atoms with E-state index in [1.165, 1.54) is 5.56 Å². The molecule has 3 aromatic rings. The van der Waals surface area contributed by atoms with Crippen molar-refractivity contribution in [1.29, 1.82) is 0 Å². The van der Waals surface area contributed by atoms with Crippen molar-refractivity contribution in [2.45, 2.75) is 25.8 Å². The first-order valence-corrected chi connectivity index (χ1v) is 6.59. The Labute approximate surface area is 116 Å². The molecule has 98 valence electrons. The van der Waals surface area contributed by atoms with E-state index < -0.39 is 0 Å². The number of hydrogen-bond acceptors (Lipinski definition) is 3. The van der Waals surface area contributed by atoms with Crippen LogP contribution in [0.15, 0.2) is 35.0 Å². The van der Waals surface area contributed by atoms with E-state index >= 15 is 0 Å². The fourth-order valence-electron chi connectivity index (χ4n) is 2.20. The Kier molecular flexibility index (Phi) is 3.03. The number of aryl methyl sites for hydroxylation is 1. The zero-order valence-corrected chi connectivity index (χ0v) is 11.6. The highest BCUT2D eigenvalue weighted by molar-refractivity contribution is 6.20. The van der Waals surface area contributed by atoms with Crippen molar-refractivity contribution in [1.82, 2.24) is 14.7 Å². The fraction of sp³-hybridized carbons (Fsp3) is 0.286. The molecule has 2 heterocycles. The molecule has 0 aliphatic rings. The van der Waals surface area contributed by atoms with Gasteiger partial charge in [-0.1, -0.05) is 11.2 Å². The second-order valence-corrected chi connectivity index (χ2v) is 5.30. The Morgan fingerprint density at radius 1 is 1.37 bits per heavy atom. The highest BCUT2D eigenvalue weighted by Gasteiger charge is 2.16. The van der Waals surface area contributed by atoms with E-state index in [1.54, 1.807) is 6.20 Å². The number of benzene rings is 1. The van der Waals surface area contributed by atoms with Crippen molar-refractivity contribution in [3.05, 3.63) is 47.6 Å². The second kappa shape index (κ2) is 4.70. The van der Waals surface area contributed by atoms with Gasteiger partial charge >= 0.3 is 0 Å². The van der Waals surface area contributed by atoms with Gasteiger partial charge in [-0.3, -0.25) is 0 Å². The van der Waals surface area contributed by atoms with Gasteiger partial charge < -0.3 is 9.09 Å². The van der Waals surface area contributed by atoms with Crippen molar-refractivity contribution in [2.24, 2.45) is 0 Å². The van der Waals surface area contributed by atoms with Crippen LogP contribution in [-0.4, -0.2) is 14.7 Å². The summed E-state index contributed by atoms with van der Waals surface area (Å²) in [6.07, 6.45) is 1.64. The van der Waals surface area contributed by atoms with Gasteiger partial charge in [0.15, 0.2) is 5.76 Å². The minimum Gasteiger partial charge on any atom is -0.359 e. The van der Waals surface area contributed by atoms with Crippen molar-refractivity contribution >= 4 is 22.6 Å². The van der Waals surface area contributed by atoms with Crippen molar-refractivity contribution in [3.8, 4) is 0 Å². The van der Waals surface area contributed by atoms with Crippen molar-refractivity contribution in [2.75, 3.05) is 0 Å². The van der Waals surface area contributed by atoms with Crippen LogP contribution in [0.1, 0.15) is 29.4 Å². The maximum absolute atomic E-state index is 6.23. The normalized spacial score (nSPS) is 13.0. The Balaban J connectivity index is 2.18. The van der Waals surface area contributed by atoms with E-state index in [9.17, 15) is 0 Å². The van der Waals surface area contributed by atoms with Crippen molar-refractivity contribution in [3.63, 3.8) is 0 Å². The molecule has 0 amide bonds. The first-order valence-electron chi connectivity index (χ1n) is 6.15. The number of imidazole rings is 1. The molecule has 5 heteroatoms. The average Bonchev–Trinajstić information content (AvgIpc) is 2.98. The lowest BCUT2D eigenvalue weighted by atomic mass is 10.2. The average molecular weight is 276 g/mol. The predicted octanol–water partition coefficient (Wildman–Crippen LogP) is 3.68. The van der Waals surface area contributed by atoms with Crippen LogP contribution in [0.2, 0.25) is 0 Å². The monoisotopic (exact) mass is 275 g/mol. The maximum Gasteiger partial charge on any atom is 0.156 e. The van der Waals surface area contributed by atoms with Crippen LogP contribution in [0.4, 0.5) is 0 Å². The van der Waals surface area contributed by atoms with Crippen molar-refractivity contribution < 1.29 is 4.52 Å². The minimum atomic E-state index is -0.157. The van der Waals surface area contributed by atoms with Crippen LogP contribution in [0.3, 0.4) is 0 Å². The topological polar surface area (TPSA) is 43.9 Å². The van der Waals surface area contributed by atoms with Gasteiger partial charge in [0.2, 0.25) is 0 Å². The molecule has 0 spiro atoms. The third kappa shape index (κ3) is 2.24. The molecule has 2 aromatic heterocycles. The lowest BCUT2D eigenvalue weighted by Crippen LogP contribution is -2.05. The SMILES string of the molecule is Cc1ccc2nc(C(C)Cl)n(Cc3ccno3)c2c1. The van der Waals surface area contributed by atoms with Crippen LogP contribution in [0.5, 0.6) is 0 Å².